The zero-order valence-electron chi connectivity index (χ0n) is 49.3. The molecule has 3 saturated heterocycles. The van der Waals surface area contributed by atoms with E-state index < -0.39 is 17.0 Å². The molecular formula is C57H73BrN18O9. The predicted molar refractivity (Wildman–Crippen MR) is 321 cm³/mol. The van der Waals surface area contributed by atoms with Crippen molar-refractivity contribution in [2.75, 3.05) is 96.6 Å². The van der Waals surface area contributed by atoms with Gasteiger partial charge in [-0.2, -0.15) is 0 Å². The number of carbonyl (C=O) groups is 3. The molecule has 0 aromatic carbocycles. The number of piperidine rings is 3. The Morgan fingerprint density at radius 3 is 1.14 bits per heavy atom. The summed E-state index contributed by atoms with van der Waals surface area (Å²) in [5, 5.41) is 15.4. The van der Waals surface area contributed by atoms with Gasteiger partial charge in [0.25, 0.3) is 34.4 Å². The third-order valence-corrected chi connectivity index (χ3v) is 17.3. The lowest BCUT2D eigenvalue weighted by atomic mass is 9.97. The molecule has 0 atom stereocenters. The van der Waals surface area contributed by atoms with E-state index in [1.165, 1.54) is 58.9 Å². The minimum absolute atomic E-state index is 0.117. The van der Waals surface area contributed by atoms with E-state index in [1.807, 2.05) is 20.8 Å². The number of likely N-dealkylation sites (tertiary alicyclic amines) is 3. The smallest absolute Gasteiger partial charge is 0.276 e. The van der Waals surface area contributed by atoms with Crippen LogP contribution in [0.25, 0.3) is 0 Å². The Balaban J connectivity index is 0.000000144. The Hall–Kier alpha value is -8.34. The van der Waals surface area contributed by atoms with Gasteiger partial charge in [0.1, 0.15) is 64.4 Å². The highest BCUT2D eigenvalue weighted by atomic mass is 79.9. The third kappa shape index (κ3) is 11.9. The van der Waals surface area contributed by atoms with Crippen LogP contribution in [0.5, 0.6) is 17.2 Å². The molecule has 7 N–H and O–H groups in total. The number of nitrogens with zero attached hydrogens (tertiary/aromatic N) is 12. The van der Waals surface area contributed by atoms with Gasteiger partial charge in [0.15, 0.2) is 34.7 Å². The first kappa shape index (κ1) is 61.2. The Morgan fingerprint density at radius 1 is 0.506 bits per heavy atom. The molecule has 0 bridgehead atoms. The summed E-state index contributed by atoms with van der Waals surface area (Å²) in [5.74, 6) is 2.05. The summed E-state index contributed by atoms with van der Waals surface area (Å²) >= 11 is 3.31. The number of pyridine rings is 3. The summed E-state index contributed by atoms with van der Waals surface area (Å²) in [6, 6.07) is 5.11. The summed E-state index contributed by atoms with van der Waals surface area (Å²) in [6.07, 6.45) is 13.0. The van der Waals surface area contributed by atoms with Crippen molar-refractivity contribution < 1.29 is 28.6 Å². The monoisotopic (exact) mass is 1230 g/mol. The summed E-state index contributed by atoms with van der Waals surface area (Å²) in [4.78, 5) is 107. The lowest BCUT2D eigenvalue weighted by Gasteiger charge is -2.40. The number of nitrogens with one attached hydrogen (secondary N) is 5. The number of nitrogens with two attached hydrogens (primary N) is 1. The lowest BCUT2D eigenvalue weighted by Crippen LogP contribution is -2.54. The molecule has 3 amide bonds. The van der Waals surface area contributed by atoms with Gasteiger partial charge in [0.05, 0.1) is 44.4 Å². The van der Waals surface area contributed by atoms with Crippen LogP contribution in [0.1, 0.15) is 107 Å². The van der Waals surface area contributed by atoms with Crippen molar-refractivity contribution in [3.63, 3.8) is 0 Å². The Morgan fingerprint density at radius 2 is 0.824 bits per heavy atom. The largest absolute Gasteiger partial charge is 0.491 e. The number of anilines is 5. The molecule has 3 fully saturated rings. The number of aromatic nitrogens is 9. The topological polar surface area (TPSA) is 318 Å². The van der Waals surface area contributed by atoms with Crippen LogP contribution in [-0.2, 0) is 17.0 Å². The molecule has 0 aliphatic carbocycles. The number of ether oxygens (including phenoxy) is 3. The first-order valence-electron chi connectivity index (χ1n) is 28.2. The van der Waals surface area contributed by atoms with E-state index in [2.05, 4.69) is 108 Å². The van der Waals surface area contributed by atoms with Gasteiger partial charge < -0.3 is 61.2 Å². The van der Waals surface area contributed by atoms with Gasteiger partial charge in [-0.05, 0) is 91.2 Å². The van der Waals surface area contributed by atoms with Gasteiger partial charge >= 0.3 is 0 Å². The maximum Gasteiger partial charge on any atom is 0.276 e. The molecule has 3 spiro atoms. The standard InChI is InChI=1S/2C19H24N6O3.C14H18BrN3O2.C5H7N3O/c2*1-4-24-7-5-19(6-8-24)23-17(26)15-12(2)9-13(18(27)25(15)19)22-16-14(28-3)10-20-11-21-16;1-3-17-6-4-14(5-7-17)16-12(19)11-9(2)8-10(15)13(20)18(11)14;1-9-4-2-7-3-8-5(4)6/h2*9-11H,4-8H2,1-3H3,(H,23,26)(H,20,21,22);8H,3-7H2,1-2H3,(H,16,19);2-3H,1H3,(H2,6,7,8). The number of halogens is 1. The van der Waals surface area contributed by atoms with Crippen molar-refractivity contribution in [2.45, 2.75) is 97.1 Å². The zero-order valence-corrected chi connectivity index (χ0v) is 50.9. The van der Waals surface area contributed by atoms with E-state index in [0.717, 1.165) is 88.4 Å². The second kappa shape index (κ2) is 25.5. The molecule has 28 heteroatoms. The minimum Gasteiger partial charge on any atom is -0.491 e. The number of hydrogen-bond acceptors (Lipinski definition) is 21. The van der Waals surface area contributed by atoms with Crippen LogP contribution in [0.3, 0.4) is 0 Å². The van der Waals surface area contributed by atoms with Gasteiger partial charge in [0.2, 0.25) is 0 Å². The minimum atomic E-state index is -0.673. The molecule has 12 heterocycles. The van der Waals surface area contributed by atoms with Crippen molar-refractivity contribution >= 4 is 62.5 Å². The van der Waals surface area contributed by atoms with Crippen LogP contribution in [0.4, 0.5) is 28.8 Å². The molecule has 27 nitrogen and oxygen atoms in total. The first-order chi connectivity index (χ1) is 40.8. The van der Waals surface area contributed by atoms with Gasteiger partial charge in [-0.1, -0.05) is 20.8 Å². The summed E-state index contributed by atoms with van der Waals surface area (Å²) < 4.78 is 20.8. The summed E-state index contributed by atoms with van der Waals surface area (Å²) in [6.45, 7) is 20.0. The lowest BCUT2D eigenvalue weighted by molar-refractivity contribution is 0.0752. The molecule has 452 valence electrons. The van der Waals surface area contributed by atoms with E-state index in [-0.39, 0.29) is 34.4 Å². The number of fused-ring (bicyclic) bond motifs is 6. The van der Waals surface area contributed by atoms with Crippen molar-refractivity contribution in [1.82, 2.24) is 74.3 Å². The number of amides is 3. The number of hydrogen-bond donors (Lipinski definition) is 6. The quantitative estimate of drug-likeness (QED) is 0.113. The van der Waals surface area contributed by atoms with E-state index in [1.54, 1.807) is 31.9 Å². The van der Waals surface area contributed by atoms with Gasteiger partial charge in [-0.25, -0.2) is 29.9 Å². The van der Waals surface area contributed by atoms with Crippen molar-refractivity contribution in [3.05, 3.63) is 125 Å². The molecule has 0 saturated carbocycles. The Bertz CT molecular complexity index is 3520. The molecule has 85 heavy (non-hydrogen) atoms. The number of rotatable bonds is 10. The van der Waals surface area contributed by atoms with Gasteiger partial charge in [0, 0.05) is 77.8 Å². The van der Waals surface area contributed by atoms with E-state index in [4.69, 9.17) is 19.9 Å². The van der Waals surface area contributed by atoms with E-state index in [0.29, 0.717) is 93.3 Å². The second-order valence-corrected chi connectivity index (χ2v) is 22.3. The van der Waals surface area contributed by atoms with Crippen LogP contribution < -0.4 is 63.2 Å². The molecule has 6 aromatic heterocycles. The van der Waals surface area contributed by atoms with E-state index in [9.17, 15) is 28.8 Å². The molecule has 0 unspecified atom stereocenters. The van der Waals surface area contributed by atoms with Crippen molar-refractivity contribution in [2.24, 2.45) is 0 Å². The fraction of sp³-hybridized carbons (Fsp3) is 0.474. The highest BCUT2D eigenvalue weighted by Crippen LogP contribution is 2.38. The average molecular weight is 1230 g/mol. The van der Waals surface area contributed by atoms with Crippen LogP contribution in [-0.4, -0.2) is 156 Å². The molecular weight excluding hydrogens is 1160 g/mol. The molecule has 12 rings (SSSR count). The second-order valence-electron chi connectivity index (χ2n) is 21.5. The van der Waals surface area contributed by atoms with Crippen LogP contribution in [0.2, 0.25) is 0 Å². The maximum atomic E-state index is 13.4. The average Bonchev–Trinajstić information content (AvgIpc) is 1.72. The van der Waals surface area contributed by atoms with E-state index >= 15 is 0 Å². The molecule has 0 radical (unpaired) electrons. The van der Waals surface area contributed by atoms with Crippen molar-refractivity contribution in [1.29, 1.82) is 0 Å². The van der Waals surface area contributed by atoms with Gasteiger partial charge in [-0.3, -0.25) is 42.5 Å². The number of methoxy groups -OCH3 is 3. The highest BCUT2D eigenvalue weighted by Gasteiger charge is 2.49. The molecule has 6 aromatic rings. The fourth-order valence-electron chi connectivity index (χ4n) is 12.0. The predicted octanol–water partition coefficient (Wildman–Crippen LogP) is 3.92. The maximum absolute atomic E-state index is 13.4. The Kier molecular flexibility index (Phi) is 18.4. The van der Waals surface area contributed by atoms with Crippen molar-refractivity contribution in [3.8, 4) is 17.2 Å². The number of carbonyl (C=O) groups excluding carboxylic acids is 3. The summed E-state index contributed by atoms with van der Waals surface area (Å²) in [7, 11) is 4.56. The van der Waals surface area contributed by atoms with Crippen LogP contribution in [0, 0.1) is 20.8 Å². The first-order valence-corrected chi connectivity index (χ1v) is 29.0. The fourth-order valence-corrected chi connectivity index (χ4v) is 12.6. The van der Waals surface area contributed by atoms with Crippen LogP contribution >= 0.6 is 15.9 Å². The zero-order chi connectivity index (χ0) is 61.0. The molecule has 6 aliphatic rings. The molecule has 6 aliphatic heterocycles. The van der Waals surface area contributed by atoms with Gasteiger partial charge in [-0.15, -0.1) is 0 Å². The van der Waals surface area contributed by atoms with Crippen LogP contribution in [0.15, 0.2) is 74.6 Å². The summed E-state index contributed by atoms with van der Waals surface area (Å²) in [5.41, 5.74) is 7.28. The normalized spacial score (nSPS) is 17.8. The number of aryl methyl sites for hydroxylation is 3. The Labute approximate surface area is 499 Å². The number of nitrogen functional groups attached to an aromatic ring is 1. The third-order valence-electron chi connectivity index (χ3n) is 16.7. The highest BCUT2D eigenvalue weighted by molar-refractivity contribution is 9.10. The SMILES string of the molecule is CCN1CCC2(CC1)NC(=O)c1c(C)cc(Br)c(=O)n12.CCN1CCC2(CC1)NC(=O)c1c(C)cc(Nc3ncncc3OC)c(=O)n12.CCN1CCC2(CC1)NC(=O)c1c(C)cc(Nc3ncncc3OC)c(=O)n12.COc1cncnc1N.